The first-order chi connectivity index (χ1) is 27.3. The molecule has 3 nitrogen and oxygen atoms in total. The number of aromatic nitrogens is 2. The van der Waals surface area contributed by atoms with E-state index in [0.717, 1.165) is 54.5 Å². The Bertz CT molecular complexity index is 2500. The summed E-state index contributed by atoms with van der Waals surface area (Å²) in [5.41, 5.74) is 11.9. The molecule has 0 saturated carbocycles. The highest BCUT2D eigenvalue weighted by molar-refractivity contribution is 6.23. The minimum Gasteiger partial charge on any atom is -0.365 e. The van der Waals surface area contributed by atoms with Crippen LogP contribution in [0.15, 0.2) is 150 Å². The highest BCUT2D eigenvalue weighted by Gasteiger charge is 2.44. The van der Waals surface area contributed by atoms with Crippen LogP contribution < -0.4 is 0 Å². The van der Waals surface area contributed by atoms with Crippen LogP contribution in [0.1, 0.15) is 87.9 Å². The van der Waals surface area contributed by atoms with Crippen molar-refractivity contribution in [3.63, 3.8) is 0 Å². The van der Waals surface area contributed by atoms with Gasteiger partial charge in [-0.15, -0.1) is 0 Å². The van der Waals surface area contributed by atoms with E-state index in [0.29, 0.717) is 29.6 Å². The van der Waals surface area contributed by atoms with E-state index in [2.05, 4.69) is 128 Å². The lowest BCUT2D eigenvalue weighted by atomic mass is 9.73. The zero-order chi connectivity index (χ0) is 36.3. The van der Waals surface area contributed by atoms with Gasteiger partial charge >= 0.3 is 0 Å². The molecule has 0 spiro atoms. The van der Waals surface area contributed by atoms with Crippen LogP contribution in [0.2, 0.25) is 0 Å². The quantitative estimate of drug-likeness (QED) is 0.152. The van der Waals surface area contributed by atoms with Gasteiger partial charge in [0, 0.05) is 28.5 Å². The van der Waals surface area contributed by atoms with Crippen molar-refractivity contribution in [3.8, 4) is 0 Å². The summed E-state index contributed by atoms with van der Waals surface area (Å²) in [6, 6.07) is 17.5. The molecule has 7 aliphatic rings. The van der Waals surface area contributed by atoms with E-state index in [1.54, 1.807) is 16.7 Å². The zero-order valence-electron chi connectivity index (χ0n) is 31.7. The third kappa shape index (κ3) is 5.89. The molecule has 11 rings (SSSR count). The van der Waals surface area contributed by atoms with Crippen LogP contribution in [0.4, 0.5) is 0 Å². The van der Waals surface area contributed by atoms with Crippen LogP contribution in [0.25, 0.3) is 38.2 Å². The predicted octanol–water partition coefficient (Wildman–Crippen LogP) is 12.9. The molecule has 274 valence electrons. The third-order valence-electron chi connectivity index (χ3n) is 14.0. The summed E-state index contributed by atoms with van der Waals surface area (Å²) in [4.78, 5) is 11.2. The highest BCUT2D eigenvalue weighted by Crippen LogP contribution is 2.48. The minimum atomic E-state index is 0.223. The van der Waals surface area contributed by atoms with Gasteiger partial charge in [-0.3, -0.25) is 0 Å². The molecule has 55 heavy (non-hydrogen) atoms. The first-order valence-electron chi connectivity index (χ1n) is 21.2. The minimum absolute atomic E-state index is 0.223. The zero-order valence-corrected chi connectivity index (χ0v) is 31.7. The highest BCUT2D eigenvalue weighted by atomic mass is 16.5. The van der Waals surface area contributed by atoms with Crippen LogP contribution in [0.5, 0.6) is 0 Å². The number of fused-ring (bicyclic) bond motifs is 9. The molecule has 1 saturated heterocycles. The number of hydrogen-bond acceptors (Lipinski definition) is 3. The van der Waals surface area contributed by atoms with Crippen LogP contribution >= 0.6 is 0 Å². The molecule has 6 aliphatic carbocycles. The monoisotopic (exact) mass is 718 g/mol. The van der Waals surface area contributed by atoms with Gasteiger partial charge in [0.05, 0.1) is 34.6 Å². The van der Waals surface area contributed by atoms with Crippen LogP contribution in [-0.2, 0) is 4.74 Å². The number of rotatable bonds is 5. The normalized spacial score (nSPS) is 30.1. The molecule has 3 heteroatoms. The number of ether oxygens (including phenoxy) is 1. The first-order valence-corrected chi connectivity index (χ1v) is 21.2. The lowest BCUT2D eigenvalue weighted by Gasteiger charge is -2.33. The van der Waals surface area contributed by atoms with Gasteiger partial charge in [-0.25, -0.2) is 9.97 Å². The van der Waals surface area contributed by atoms with Gasteiger partial charge < -0.3 is 4.74 Å². The van der Waals surface area contributed by atoms with Gasteiger partial charge in [0.1, 0.15) is 0 Å². The fourth-order valence-corrected chi connectivity index (χ4v) is 11.1. The van der Waals surface area contributed by atoms with E-state index >= 15 is 0 Å². The average Bonchev–Trinajstić information content (AvgIpc) is 3.66. The summed E-state index contributed by atoms with van der Waals surface area (Å²) in [6.07, 6.45) is 44.4. The van der Waals surface area contributed by atoms with Crippen LogP contribution in [0, 0.1) is 23.7 Å². The average molecular weight is 719 g/mol. The van der Waals surface area contributed by atoms with Crippen molar-refractivity contribution >= 4 is 38.2 Å². The molecule has 0 radical (unpaired) electrons. The number of nitrogens with zero attached hydrogens (tertiary/aromatic N) is 2. The second kappa shape index (κ2) is 14.0. The molecule has 7 unspecified atom stereocenters. The van der Waals surface area contributed by atoms with Gasteiger partial charge in [-0.05, 0) is 116 Å². The molecule has 1 aromatic heterocycles. The molecule has 3 aromatic carbocycles. The van der Waals surface area contributed by atoms with Crippen molar-refractivity contribution in [1.29, 1.82) is 0 Å². The van der Waals surface area contributed by atoms with E-state index in [4.69, 9.17) is 14.7 Å². The summed E-state index contributed by atoms with van der Waals surface area (Å²) in [6.45, 7) is 0. The fourth-order valence-electron chi connectivity index (χ4n) is 11.1. The molecule has 4 aromatic rings. The Kier molecular flexibility index (Phi) is 8.53. The summed E-state index contributed by atoms with van der Waals surface area (Å²) in [5.74, 6) is 2.42. The number of allylic oxidation sites excluding steroid dienone is 14. The molecule has 2 heterocycles. The smallest absolute Gasteiger partial charge is 0.0979 e. The summed E-state index contributed by atoms with van der Waals surface area (Å²) in [5, 5.41) is 4.90. The van der Waals surface area contributed by atoms with Crippen molar-refractivity contribution < 1.29 is 4.74 Å². The van der Waals surface area contributed by atoms with E-state index in [1.807, 2.05) is 0 Å². The summed E-state index contributed by atoms with van der Waals surface area (Å²) < 4.78 is 6.67. The van der Waals surface area contributed by atoms with Crippen LogP contribution in [-0.4, -0.2) is 22.2 Å². The molecular formula is C52H50N2O. The maximum Gasteiger partial charge on any atom is 0.0979 e. The topological polar surface area (TPSA) is 35.0 Å². The van der Waals surface area contributed by atoms with Gasteiger partial charge in [0.2, 0.25) is 0 Å². The number of benzene rings is 3. The van der Waals surface area contributed by atoms with Crippen molar-refractivity contribution in [3.05, 3.63) is 161 Å². The Labute approximate surface area is 325 Å². The Morgan fingerprint density at radius 3 is 2.25 bits per heavy atom. The molecule has 7 atom stereocenters. The Morgan fingerprint density at radius 1 is 0.673 bits per heavy atom. The van der Waals surface area contributed by atoms with E-state index in [-0.39, 0.29) is 12.2 Å². The standard InChI is InChI=1S/C52H50N2O/c1-2-12-37(13-3-1)48-49(54-51-45-20-7-5-17-42(45)41-16-4-6-19-44(41)50(51)53-48)39-15-10-14-38(32-39)35-26-24-33(25-27-35)34-28-30-36(31-29-34)40-21-11-22-46-43-18-8-9-23-47(43)55-52(40)46/h2,4-10,12,15-20,22-24,28,30,32,35,37-38,40,43,47,52H,1,3,11,13-14,21,25-27,29,31H2. The van der Waals surface area contributed by atoms with Crippen molar-refractivity contribution in [2.45, 2.75) is 88.8 Å². The summed E-state index contributed by atoms with van der Waals surface area (Å²) >= 11 is 0. The molecule has 0 N–H and O–H groups in total. The first kappa shape index (κ1) is 33.5. The second-order valence-corrected chi connectivity index (χ2v) is 17.0. The molecule has 0 amide bonds. The molecular weight excluding hydrogens is 669 g/mol. The molecule has 1 fully saturated rings. The predicted molar refractivity (Wildman–Crippen MR) is 228 cm³/mol. The van der Waals surface area contributed by atoms with Crippen LogP contribution in [0.3, 0.4) is 0 Å². The fraction of sp³-hybridized carbons (Fsp3) is 0.346. The second-order valence-electron chi connectivity index (χ2n) is 17.0. The van der Waals surface area contributed by atoms with E-state index < -0.39 is 0 Å². The lowest BCUT2D eigenvalue weighted by molar-refractivity contribution is 0.0416. The van der Waals surface area contributed by atoms with E-state index in [9.17, 15) is 0 Å². The Morgan fingerprint density at radius 2 is 1.49 bits per heavy atom. The largest absolute Gasteiger partial charge is 0.365 e. The molecule has 0 bridgehead atoms. The van der Waals surface area contributed by atoms with Gasteiger partial charge in [0.15, 0.2) is 0 Å². The van der Waals surface area contributed by atoms with Gasteiger partial charge in [-0.1, -0.05) is 133 Å². The Hall–Kier alpha value is -4.86. The third-order valence-corrected chi connectivity index (χ3v) is 14.0. The van der Waals surface area contributed by atoms with Crippen molar-refractivity contribution in [1.82, 2.24) is 9.97 Å². The van der Waals surface area contributed by atoms with Gasteiger partial charge in [0.25, 0.3) is 0 Å². The Balaban J connectivity index is 0.871. The van der Waals surface area contributed by atoms with Crippen molar-refractivity contribution in [2.75, 3.05) is 0 Å². The van der Waals surface area contributed by atoms with Crippen molar-refractivity contribution in [2.24, 2.45) is 23.7 Å². The molecule has 1 aliphatic heterocycles. The summed E-state index contributed by atoms with van der Waals surface area (Å²) in [7, 11) is 0. The van der Waals surface area contributed by atoms with Gasteiger partial charge in [-0.2, -0.15) is 0 Å². The number of hydrogen-bond donors (Lipinski definition) is 0. The van der Waals surface area contributed by atoms with E-state index in [1.165, 1.54) is 71.2 Å². The maximum absolute atomic E-state index is 6.67. The maximum atomic E-state index is 6.67. The lowest BCUT2D eigenvalue weighted by Crippen LogP contribution is -2.27. The SMILES string of the molecule is C1=CC2OC3C(=CCCC3C3=CC=C(C4=CCC(C5C=C(c6nc7c8ccccc8c8ccccc8c7nc6C6C=CCCC6)C=CC5)CC4)CC3)C2C=C1.